The number of ether oxygens (including phenoxy) is 1. The third kappa shape index (κ3) is 5.16. The molecule has 3 aromatic rings. The monoisotopic (exact) mass is 354 g/mol. The predicted molar refractivity (Wildman–Crippen MR) is 103 cm³/mol. The van der Waals surface area contributed by atoms with E-state index in [1.165, 1.54) is 17.5 Å². The molecular weight excluding hydrogens is 335 g/mol. The van der Waals surface area contributed by atoms with Gasteiger partial charge in [0.25, 0.3) is 0 Å². The smallest absolute Gasteiger partial charge is 0.166 e. The number of halogens is 1. The fourth-order valence-electron chi connectivity index (χ4n) is 2.44. The second-order valence-electron chi connectivity index (χ2n) is 5.59. The molecule has 0 unspecified atom stereocenters. The summed E-state index contributed by atoms with van der Waals surface area (Å²) >= 11 is 5.22. The van der Waals surface area contributed by atoms with Gasteiger partial charge in [0.15, 0.2) is 5.11 Å². The summed E-state index contributed by atoms with van der Waals surface area (Å²) in [6.07, 6.45) is 0. The largest absolute Gasteiger partial charge is 0.492 e. The summed E-state index contributed by atoms with van der Waals surface area (Å²) in [6, 6.07) is 20.5. The number of fused-ring (bicyclic) bond motifs is 1. The van der Waals surface area contributed by atoms with Gasteiger partial charge >= 0.3 is 0 Å². The molecule has 25 heavy (non-hydrogen) atoms. The quantitative estimate of drug-likeness (QED) is 0.517. The first-order chi connectivity index (χ1) is 12.2. The summed E-state index contributed by atoms with van der Waals surface area (Å²) in [5, 5.41) is 9.07. The van der Waals surface area contributed by atoms with E-state index >= 15 is 0 Å². The molecule has 0 saturated carbocycles. The minimum Gasteiger partial charge on any atom is -0.492 e. The summed E-state index contributed by atoms with van der Waals surface area (Å²) in [6.45, 7) is 1.66. The second-order valence-corrected chi connectivity index (χ2v) is 6.00. The zero-order chi connectivity index (χ0) is 17.5. The number of nitrogens with one attached hydrogen (secondary N) is 2. The summed E-state index contributed by atoms with van der Waals surface area (Å²) < 4.78 is 18.6. The molecule has 2 N–H and O–H groups in total. The van der Waals surface area contributed by atoms with Crippen LogP contribution in [0.25, 0.3) is 10.8 Å². The Balaban J connectivity index is 1.38. The number of thiocarbonyl (C=S) groups is 1. The molecule has 0 atom stereocenters. The molecule has 0 spiro atoms. The lowest BCUT2D eigenvalue weighted by molar-refractivity contribution is 0.322. The van der Waals surface area contributed by atoms with Crippen LogP contribution in [0.1, 0.15) is 5.56 Å². The van der Waals surface area contributed by atoms with Gasteiger partial charge in [-0.3, -0.25) is 0 Å². The number of rotatable bonds is 6. The van der Waals surface area contributed by atoms with Crippen LogP contribution in [0.15, 0.2) is 66.7 Å². The van der Waals surface area contributed by atoms with E-state index in [0.29, 0.717) is 24.8 Å². The SMILES string of the molecule is Fc1ccc(CNC(=S)NCCOc2ccc3ccccc3c2)cc1. The fraction of sp³-hybridized carbons (Fsp3) is 0.150. The van der Waals surface area contributed by atoms with Gasteiger partial charge in [-0.2, -0.15) is 0 Å². The molecule has 0 aliphatic rings. The average molecular weight is 354 g/mol. The molecule has 3 aromatic carbocycles. The van der Waals surface area contributed by atoms with E-state index in [1.807, 2.05) is 30.3 Å². The minimum absolute atomic E-state index is 0.240. The van der Waals surface area contributed by atoms with Gasteiger partial charge in [0.1, 0.15) is 18.2 Å². The van der Waals surface area contributed by atoms with Crippen molar-refractivity contribution in [2.45, 2.75) is 6.54 Å². The molecule has 3 nitrogen and oxygen atoms in total. The highest BCUT2D eigenvalue weighted by Gasteiger charge is 1.99. The predicted octanol–water partition coefficient (Wildman–Crippen LogP) is 4.02. The van der Waals surface area contributed by atoms with Gasteiger partial charge < -0.3 is 15.4 Å². The molecule has 0 radical (unpaired) electrons. The van der Waals surface area contributed by atoms with E-state index in [0.717, 1.165) is 16.7 Å². The topological polar surface area (TPSA) is 33.3 Å². The molecule has 0 fully saturated rings. The van der Waals surface area contributed by atoms with Crippen molar-refractivity contribution in [3.8, 4) is 5.75 Å². The minimum atomic E-state index is -0.240. The molecule has 0 bridgehead atoms. The Morgan fingerprint density at radius 2 is 1.68 bits per heavy atom. The van der Waals surface area contributed by atoms with E-state index in [2.05, 4.69) is 22.8 Å². The van der Waals surface area contributed by atoms with Gasteiger partial charge in [-0.25, -0.2) is 4.39 Å². The molecule has 0 aliphatic carbocycles. The molecule has 0 heterocycles. The molecule has 0 amide bonds. The normalized spacial score (nSPS) is 10.4. The van der Waals surface area contributed by atoms with Crippen molar-refractivity contribution < 1.29 is 9.13 Å². The lowest BCUT2D eigenvalue weighted by Gasteiger charge is -2.12. The van der Waals surface area contributed by atoms with Crippen LogP contribution in [-0.4, -0.2) is 18.3 Å². The van der Waals surface area contributed by atoms with Crippen LogP contribution in [0.2, 0.25) is 0 Å². The average Bonchev–Trinajstić information content (AvgIpc) is 2.64. The second kappa shape index (κ2) is 8.44. The Morgan fingerprint density at radius 1 is 0.920 bits per heavy atom. The Morgan fingerprint density at radius 3 is 2.48 bits per heavy atom. The van der Waals surface area contributed by atoms with Gasteiger partial charge in [0.05, 0.1) is 6.54 Å². The van der Waals surface area contributed by atoms with Crippen LogP contribution in [0.3, 0.4) is 0 Å². The molecule has 0 aromatic heterocycles. The highest BCUT2D eigenvalue weighted by Crippen LogP contribution is 2.20. The van der Waals surface area contributed by atoms with Crippen molar-refractivity contribution in [1.29, 1.82) is 0 Å². The first kappa shape index (κ1) is 17.2. The van der Waals surface area contributed by atoms with Gasteiger partial charge in [-0.15, -0.1) is 0 Å². The number of hydrogen-bond donors (Lipinski definition) is 2. The van der Waals surface area contributed by atoms with E-state index in [-0.39, 0.29) is 5.82 Å². The standard InChI is InChI=1S/C20H19FN2OS/c21-18-8-5-15(6-9-18)14-23-20(25)22-11-12-24-19-10-7-16-3-1-2-4-17(16)13-19/h1-10,13H,11-12,14H2,(H2,22,23,25). The maximum atomic E-state index is 12.8. The Labute approximate surface area is 151 Å². The zero-order valence-electron chi connectivity index (χ0n) is 13.7. The Hall–Kier alpha value is -2.66. The molecular formula is C20H19FN2OS. The van der Waals surface area contributed by atoms with Crippen molar-refractivity contribution in [2.75, 3.05) is 13.2 Å². The summed E-state index contributed by atoms with van der Waals surface area (Å²) in [5.41, 5.74) is 0.970. The summed E-state index contributed by atoms with van der Waals surface area (Å²) in [4.78, 5) is 0. The highest BCUT2D eigenvalue weighted by molar-refractivity contribution is 7.80. The van der Waals surface area contributed by atoms with Crippen molar-refractivity contribution >= 4 is 28.1 Å². The van der Waals surface area contributed by atoms with Crippen LogP contribution in [-0.2, 0) is 6.54 Å². The van der Waals surface area contributed by atoms with Crippen LogP contribution >= 0.6 is 12.2 Å². The summed E-state index contributed by atoms with van der Waals surface area (Å²) in [5.74, 6) is 0.598. The van der Waals surface area contributed by atoms with Crippen molar-refractivity contribution in [2.24, 2.45) is 0 Å². The zero-order valence-corrected chi connectivity index (χ0v) is 14.5. The number of benzene rings is 3. The first-order valence-electron chi connectivity index (χ1n) is 8.08. The van der Waals surface area contributed by atoms with Gasteiger partial charge in [0, 0.05) is 6.54 Å². The lowest BCUT2D eigenvalue weighted by atomic mass is 10.1. The van der Waals surface area contributed by atoms with Crippen LogP contribution < -0.4 is 15.4 Å². The summed E-state index contributed by atoms with van der Waals surface area (Å²) in [7, 11) is 0. The van der Waals surface area contributed by atoms with Crippen molar-refractivity contribution in [3.05, 3.63) is 78.1 Å². The Kier molecular flexibility index (Phi) is 5.80. The first-order valence-corrected chi connectivity index (χ1v) is 8.49. The van der Waals surface area contributed by atoms with Crippen LogP contribution in [0.4, 0.5) is 4.39 Å². The molecule has 3 rings (SSSR count). The lowest BCUT2D eigenvalue weighted by Crippen LogP contribution is -2.37. The maximum absolute atomic E-state index is 12.8. The van der Waals surface area contributed by atoms with Gasteiger partial charge in [-0.05, 0) is 52.8 Å². The van der Waals surface area contributed by atoms with E-state index in [9.17, 15) is 4.39 Å². The third-order valence-corrected chi connectivity index (χ3v) is 4.03. The fourth-order valence-corrected chi connectivity index (χ4v) is 2.61. The molecule has 5 heteroatoms. The highest BCUT2D eigenvalue weighted by atomic mass is 32.1. The van der Waals surface area contributed by atoms with E-state index in [4.69, 9.17) is 17.0 Å². The van der Waals surface area contributed by atoms with Crippen molar-refractivity contribution in [1.82, 2.24) is 10.6 Å². The van der Waals surface area contributed by atoms with Gasteiger partial charge in [0.2, 0.25) is 0 Å². The third-order valence-electron chi connectivity index (χ3n) is 3.74. The van der Waals surface area contributed by atoms with Gasteiger partial charge in [-0.1, -0.05) is 42.5 Å². The number of hydrogen-bond acceptors (Lipinski definition) is 2. The molecule has 0 aliphatic heterocycles. The molecule has 0 saturated heterocycles. The van der Waals surface area contributed by atoms with Crippen LogP contribution in [0.5, 0.6) is 5.75 Å². The molecule has 128 valence electrons. The van der Waals surface area contributed by atoms with E-state index in [1.54, 1.807) is 12.1 Å². The van der Waals surface area contributed by atoms with Crippen molar-refractivity contribution in [3.63, 3.8) is 0 Å². The maximum Gasteiger partial charge on any atom is 0.166 e. The Bertz CT molecular complexity index is 852. The van der Waals surface area contributed by atoms with E-state index < -0.39 is 0 Å². The van der Waals surface area contributed by atoms with Crippen LogP contribution in [0, 0.1) is 5.82 Å².